The molecule has 2 amide bonds. The Balaban J connectivity index is 2.86. The first-order valence-electron chi connectivity index (χ1n) is 7.26. The monoisotopic (exact) mass is 337 g/mol. The van der Waals surface area contributed by atoms with E-state index in [1.54, 1.807) is 13.8 Å². The molecule has 0 aliphatic heterocycles. The Labute approximate surface area is 138 Å². The van der Waals surface area contributed by atoms with Crippen molar-refractivity contribution in [1.29, 1.82) is 0 Å². The molecule has 0 bridgehead atoms. The van der Waals surface area contributed by atoms with Crippen LogP contribution < -0.4 is 11.1 Å². The summed E-state index contributed by atoms with van der Waals surface area (Å²) in [7, 11) is 0. The highest BCUT2D eigenvalue weighted by atomic mass is 16.6. The molecule has 1 aromatic carbocycles. The number of primary amides is 1. The third-order valence-corrected chi connectivity index (χ3v) is 3.28. The lowest BCUT2D eigenvalue weighted by Gasteiger charge is -2.21. The van der Waals surface area contributed by atoms with Crippen LogP contribution in [0, 0.1) is 16.0 Å². The summed E-state index contributed by atoms with van der Waals surface area (Å²) in [5.74, 6) is -2.62. The third-order valence-electron chi connectivity index (χ3n) is 3.28. The standard InChI is InChI=1S/C15H19N3O6/c1-3-24-12(19)7-9(2)13(14(16)20)17-15(21)10-5-4-6-11(8-10)18(22)23/h4-6,8-9,13H,3,7H2,1-2H3,(H2,16,20)(H,17,21)/t9-,13+/m1/s1. The van der Waals surface area contributed by atoms with E-state index in [1.807, 2.05) is 0 Å². The zero-order valence-corrected chi connectivity index (χ0v) is 13.4. The molecule has 0 saturated heterocycles. The first kappa shape index (κ1) is 19.1. The molecule has 3 N–H and O–H groups in total. The largest absolute Gasteiger partial charge is 0.466 e. The van der Waals surface area contributed by atoms with Crippen molar-refractivity contribution < 1.29 is 24.0 Å². The average Bonchev–Trinajstić information content (AvgIpc) is 2.52. The summed E-state index contributed by atoms with van der Waals surface area (Å²) in [6.45, 7) is 3.42. The lowest BCUT2D eigenvalue weighted by molar-refractivity contribution is -0.384. The van der Waals surface area contributed by atoms with Gasteiger partial charge in [0.15, 0.2) is 0 Å². The highest BCUT2D eigenvalue weighted by Crippen LogP contribution is 2.15. The van der Waals surface area contributed by atoms with Gasteiger partial charge in [-0.3, -0.25) is 24.5 Å². The fourth-order valence-electron chi connectivity index (χ4n) is 2.08. The van der Waals surface area contributed by atoms with Crippen molar-refractivity contribution in [2.75, 3.05) is 6.61 Å². The molecule has 0 heterocycles. The van der Waals surface area contributed by atoms with E-state index in [1.165, 1.54) is 18.2 Å². The highest BCUT2D eigenvalue weighted by molar-refractivity contribution is 5.98. The summed E-state index contributed by atoms with van der Waals surface area (Å²) in [6, 6.07) is 3.95. The minimum Gasteiger partial charge on any atom is -0.466 e. The Morgan fingerprint density at radius 2 is 2.04 bits per heavy atom. The molecular weight excluding hydrogens is 318 g/mol. The van der Waals surface area contributed by atoms with Gasteiger partial charge < -0.3 is 15.8 Å². The summed E-state index contributed by atoms with van der Waals surface area (Å²) in [5.41, 5.74) is 5.04. The van der Waals surface area contributed by atoms with E-state index in [9.17, 15) is 24.5 Å². The number of non-ortho nitro benzene ring substituents is 1. The quantitative estimate of drug-likeness (QED) is 0.407. The van der Waals surface area contributed by atoms with E-state index in [4.69, 9.17) is 10.5 Å². The number of nitrogens with one attached hydrogen (secondary N) is 1. The Bertz CT molecular complexity index is 646. The van der Waals surface area contributed by atoms with E-state index in [-0.39, 0.29) is 24.3 Å². The number of nitrogens with two attached hydrogens (primary N) is 1. The van der Waals surface area contributed by atoms with Crippen molar-refractivity contribution >= 4 is 23.5 Å². The van der Waals surface area contributed by atoms with Gasteiger partial charge in [-0.2, -0.15) is 0 Å². The fourth-order valence-corrected chi connectivity index (χ4v) is 2.08. The normalized spacial score (nSPS) is 12.8. The molecule has 0 saturated carbocycles. The van der Waals surface area contributed by atoms with Gasteiger partial charge in [-0.15, -0.1) is 0 Å². The van der Waals surface area contributed by atoms with Crippen LogP contribution in [0.2, 0.25) is 0 Å². The number of carbonyl (C=O) groups excluding carboxylic acids is 3. The van der Waals surface area contributed by atoms with E-state index in [0.717, 1.165) is 6.07 Å². The van der Waals surface area contributed by atoms with E-state index in [0.29, 0.717) is 0 Å². The second-order valence-electron chi connectivity index (χ2n) is 5.15. The Kier molecular flexibility index (Phi) is 6.84. The molecule has 0 unspecified atom stereocenters. The predicted octanol–water partition coefficient (Wildman–Crippen LogP) is 0.768. The third kappa shape index (κ3) is 5.34. The highest BCUT2D eigenvalue weighted by Gasteiger charge is 2.27. The average molecular weight is 337 g/mol. The van der Waals surface area contributed by atoms with Crippen molar-refractivity contribution in [2.24, 2.45) is 11.7 Å². The van der Waals surface area contributed by atoms with Gasteiger partial charge in [0.1, 0.15) is 6.04 Å². The van der Waals surface area contributed by atoms with Gasteiger partial charge in [-0.25, -0.2) is 0 Å². The van der Waals surface area contributed by atoms with Crippen LogP contribution in [0.3, 0.4) is 0 Å². The molecule has 130 valence electrons. The summed E-state index contributed by atoms with van der Waals surface area (Å²) in [5, 5.41) is 13.1. The smallest absolute Gasteiger partial charge is 0.306 e. The Morgan fingerprint density at radius 3 is 2.58 bits per heavy atom. The SMILES string of the molecule is CCOC(=O)C[C@@H](C)[C@H](NC(=O)c1cccc([N+](=O)[O-])c1)C(N)=O. The maximum absolute atomic E-state index is 12.2. The van der Waals surface area contributed by atoms with Crippen molar-refractivity contribution in [3.05, 3.63) is 39.9 Å². The molecule has 1 aromatic rings. The molecule has 0 aliphatic carbocycles. The number of hydrogen-bond donors (Lipinski definition) is 2. The van der Waals surface area contributed by atoms with E-state index >= 15 is 0 Å². The fraction of sp³-hybridized carbons (Fsp3) is 0.400. The molecule has 0 radical (unpaired) electrons. The lowest BCUT2D eigenvalue weighted by atomic mass is 9.97. The molecule has 1 rings (SSSR count). The number of nitro groups is 1. The van der Waals surface area contributed by atoms with Gasteiger partial charge in [-0.1, -0.05) is 13.0 Å². The zero-order chi connectivity index (χ0) is 18.3. The number of esters is 1. The van der Waals surface area contributed by atoms with Crippen LogP contribution in [0.5, 0.6) is 0 Å². The van der Waals surface area contributed by atoms with Crippen LogP contribution in [0.1, 0.15) is 30.6 Å². The second-order valence-corrected chi connectivity index (χ2v) is 5.15. The van der Waals surface area contributed by atoms with Crippen LogP contribution in [-0.4, -0.2) is 35.4 Å². The molecule has 0 fully saturated rings. The van der Waals surface area contributed by atoms with Gasteiger partial charge >= 0.3 is 5.97 Å². The molecule has 24 heavy (non-hydrogen) atoms. The lowest BCUT2D eigenvalue weighted by Crippen LogP contribution is -2.49. The second kappa shape index (κ2) is 8.61. The molecule has 9 heteroatoms. The van der Waals surface area contributed by atoms with Crippen LogP contribution in [-0.2, 0) is 14.3 Å². The molecule has 0 aliphatic rings. The minimum atomic E-state index is -1.11. The van der Waals surface area contributed by atoms with Crippen molar-refractivity contribution in [1.82, 2.24) is 5.32 Å². The number of hydrogen-bond acceptors (Lipinski definition) is 6. The number of nitro benzene ring substituents is 1. The summed E-state index contributed by atoms with van der Waals surface area (Å²) >= 11 is 0. The van der Waals surface area contributed by atoms with Crippen molar-refractivity contribution in [3.8, 4) is 0 Å². The van der Waals surface area contributed by atoms with E-state index < -0.39 is 34.7 Å². The summed E-state index contributed by atoms with van der Waals surface area (Å²) in [4.78, 5) is 45.4. The molecule has 0 spiro atoms. The molecule has 2 atom stereocenters. The van der Waals surface area contributed by atoms with Crippen LogP contribution in [0.15, 0.2) is 24.3 Å². The first-order valence-corrected chi connectivity index (χ1v) is 7.26. The van der Waals surface area contributed by atoms with Gasteiger partial charge in [0.2, 0.25) is 5.91 Å². The number of nitrogens with zero attached hydrogens (tertiary/aromatic N) is 1. The number of ether oxygens (including phenoxy) is 1. The molecule has 9 nitrogen and oxygen atoms in total. The van der Waals surface area contributed by atoms with Gasteiger partial charge in [0.25, 0.3) is 11.6 Å². The summed E-state index contributed by atoms with van der Waals surface area (Å²) < 4.78 is 4.80. The van der Waals surface area contributed by atoms with Crippen LogP contribution in [0.4, 0.5) is 5.69 Å². The van der Waals surface area contributed by atoms with Crippen LogP contribution in [0.25, 0.3) is 0 Å². The van der Waals surface area contributed by atoms with Gasteiger partial charge in [0, 0.05) is 17.7 Å². The number of benzene rings is 1. The zero-order valence-electron chi connectivity index (χ0n) is 13.4. The number of rotatable bonds is 8. The molecular formula is C15H19N3O6. The van der Waals surface area contributed by atoms with E-state index in [2.05, 4.69) is 5.32 Å². The Hall–Kier alpha value is -2.97. The summed E-state index contributed by atoms with van der Waals surface area (Å²) in [6.07, 6.45) is -0.101. The van der Waals surface area contributed by atoms with Crippen molar-refractivity contribution in [2.45, 2.75) is 26.3 Å². The minimum absolute atomic E-state index is 0.0128. The number of amides is 2. The maximum atomic E-state index is 12.2. The van der Waals surface area contributed by atoms with Gasteiger partial charge in [0.05, 0.1) is 18.0 Å². The topological polar surface area (TPSA) is 142 Å². The maximum Gasteiger partial charge on any atom is 0.306 e. The number of carbonyl (C=O) groups is 3. The first-order chi connectivity index (χ1) is 11.3. The van der Waals surface area contributed by atoms with Gasteiger partial charge in [-0.05, 0) is 18.9 Å². The van der Waals surface area contributed by atoms with Crippen LogP contribution >= 0.6 is 0 Å². The Morgan fingerprint density at radius 1 is 1.38 bits per heavy atom. The predicted molar refractivity (Wildman–Crippen MR) is 84.0 cm³/mol. The molecule has 0 aromatic heterocycles. The van der Waals surface area contributed by atoms with Crippen molar-refractivity contribution in [3.63, 3.8) is 0 Å².